The maximum absolute atomic E-state index is 10.4. The fraction of sp³-hybridized carbons (Fsp3) is 0.412. The molecule has 0 atom stereocenters. The molecule has 0 heterocycles. The normalized spacial score (nSPS) is 22.6. The molecule has 0 amide bonds. The van der Waals surface area contributed by atoms with Crippen LogP contribution in [0.25, 0.3) is 0 Å². The summed E-state index contributed by atoms with van der Waals surface area (Å²) >= 11 is 0. The van der Waals surface area contributed by atoms with Gasteiger partial charge in [0.1, 0.15) is 0 Å². The highest BCUT2D eigenvalue weighted by Crippen LogP contribution is 2.37. The number of nitriles is 1. The number of nitrogens with zero attached hydrogens (tertiary/aromatic N) is 1. The topological polar surface area (TPSA) is 61.1 Å². The molecule has 1 aromatic rings. The van der Waals surface area contributed by atoms with Crippen molar-refractivity contribution in [2.24, 2.45) is 5.92 Å². The molecular formula is C17H19NO2. The van der Waals surface area contributed by atoms with E-state index in [1.165, 1.54) is 11.6 Å². The summed E-state index contributed by atoms with van der Waals surface area (Å²) in [7, 11) is 0. The van der Waals surface area contributed by atoms with Crippen LogP contribution in [0.1, 0.15) is 49.1 Å². The highest BCUT2D eigenvalue weighted by Gasteiger charge is 2.21. The average Bonchev–Trinajstić information content (AvgIpc) is 2.48. The van der Waals surface area contributed by atoms with Gasteiger partial charge >= 0.3 is 5.97 Å². The number of carboxylic acid groups (broad SMARTS) is 1. The summed E-state index contributed by atoms with van der Waals surface area (Å²) in [4.78, 5) is 10.4. The molecule has 1 aliphatic rings. The first-order valence-electron chi connectivity index (χ1n) is 7.08. The maximum atomic E-state index is 10.4. The highest BCUT2D eigenvalue weighted by molar-refractivity contribution is 5.79. The van der Waals surface area contributed by atoms with Gasteiger partial charge in [0.05, 0.1) is 11.6 Å². The molecular weight excluding hydrogens is 250 g/mol. The smallest absolute Gasteiger partial charge is 0.327 e. The molecule has 0 unspecified atom stereocenters. The minimum Gasteiger partial charge on any atom is -0.478 e. The summed E-state index contributed by atoms with van der Waals surface area (Å²) in [5, 5.41) is 17.4. The van der Waals surface area contributed by atoms with E-state index in [0.717, 1.165) is 32.1 Å². The first kappa shape index (κ1) is 14.3. The molecule has 1 aliphatic carbocycles. The van der Waals surface area contributed by atoms with Gasteiger partial charge in [-0.3, -0.25) is 0 Å². The van der Waals surface area contributed by atoms with E-state index in [4.69, 9.17) is 10.4 Å². The lowest BCUT2D eigenvalue weighted by molar-refractivity contribution is -0.131. The zero-order valence-electron chi connectivity index (χ0n) is 11.5. The quantitative estimate of drug-likeness (QED) is 0.844. The monoisotopic (exact) mass is 269 g/mol. The third kappa shape index (κ3) is 3.96. The maximum Gasteiger partial charge on any atom is 0.327 e. The van der Waals surface area contributed by atoms with E-state index < -0.39 is 5.97 Å². The van der Waals surface area contributed by atoms with Gasteiger partial charge in [0.15, 0.2) is 0 Å². The van der Waals surface area contributed by atoms with Crippen molar-refractivity contribution in [3.63, 3.8) is 0 Å². The number of benzene rings is 1. The van der Waals surface area contributed by atoms with Gasteiger partial charge in [-0.15, -0.1) is 0 Å². The Kier molecular flexibility index (Phi) is 4.95. The second-order valence-electron chi connectivity index (χ2n) is 5.43. The Hall–Kier alpha value is -2.08. The molecule has 0 bridgehead atoms. The Labute approximate surface area is 119 Å². The molecule has 2 rings (SSSR count). The number of carbonyl (C=O) groups is 1. The Morgan fingerprint density at radius 3 is 2.45 bits per heavy atom. The molecule has 0 aliphatic heterocycles. The lowest BCUT2D eigenvalue weighted by Crippen LogP contribution is -2.12. The van der Waals surface area contributed by atoms with E-state index in [1.807, 2.05) is 12.1 Å². The van der Waals surface area contributed by atoms with Crippen molar-refractivity contribution in [2.75, 3.05) is 0 Å². The third-order valence-electron chi connectivity index (χ3n) is 4.09. The van der Waals surface area contributed by atoms with Crippen LogP contribution >= 0.6 is 0 Å². The van der Waals surface area contributed by atoms with Crippen molar-refractivity contribution in [1.29, 1.82) is 5.26 Å². The summed E-state index contributed by atoms with van der Waals surface area (Å²) in [6, 6.07) is 10.0. The van der Waals surface area contributed by atoms with Crippen LogP contribution in [0.2, 0.25) is 0 Å². The molecule has 1 saturated carbocycles. The van der Waals surface area contributed by atoms with Gasteiger partial charge in [0.2, 0.25) is 0 Å². The van der Waals surface area contributed by atoms with Crippen LogP contribution < -0.4 is 0 Å². The van der Waals surface area contributed by atoms with Crippen molar-refractivity contribution in [2.45, 2.75) is 38.0 Å². The molecule has 0 saturated heterocycles. The average molecular weight is 269 g/mol. The van der Waals surface area contributed by atoms with Gasteiger partial charge in [-0.2, -0.15) is 5.26 Å². The second-order valence-corrected chi connectivity index (χ2v) is 5.43. The van der Waals surface area contributed by atoms with Gasteiger partial charge in [0, 0.05) is 6.08 Å². The van der Waals surface area contributed by atoms with E-state index in [1.54, 1.807) is 6.08 Å². The Bertz CT molecular complexity index is 517. The number of rotatable bonds is 4. The molecule has 3 heteroatoms. The van der Waals surface area contributed by atoms with Crippen molar-refractivity contribution in [3.05, 3.63) is 47.5 Å². The number of aliphatic carboxylic acids is 1. The summed E-state index contributed by atoms with van der Waals surface area (Å²) in [6.45, 7) is 0. The van der Waals surface area contributed by atoms with Crippen molar-refractivity contribution in [3.8, 4) is 6.07 Å². The van der Waals surface area contributed by atoms with Crippen LogP contribution in [-0.2, 0) is 4.79 Å². The number of hydrogen-bond acceptors (Lipinski definition) is 2. The number of allylic oxidation sites excluding steroid dienone is 1. The molecule has 3 nitrogen and oxygen atoms in total. The van der Waals surface area contributed by atoms with Gasteiger partial charge in [-0.25, -0.2) is 4.79 Å². The Balaban J connectivity index is 1.84. The molecule has 104 valence electrons. The Morgan fingerprint density at radius 1 is 1.25 bits per heavy atom. The van der Waals surface area contributed by atoms with Gasteiger partial charge in [-0.1, -0.05) is 18.2 Å². The molecule has 20 heavy (non-hydrogen) atoms. The first-order chi connectivity index (χ1) is 9.69. The molecule has 1 fully saturated rings. The Morgan fingerprint density at radius 2 is 1.90 bits per heavy atom. The van der Waals surface area contributed by atoms with E-state index in [-0.39, 0.29) is 0 Å². The van der Waals surface area contributed by atoms with Crippen LogP contribution in [0.3, 0.4) is 0 Å². The molecule has 1 aromatic carbocycles. The standard InChI is InChI=1S/C17H19NO2/c18-12-14-6-10-16(11-7-14)15-8-4-13(5-9-15)2-1-3-17(19)20/h1,3,6-7,10-11,13,15H,2,4-5,8-9H2,(H,19,20)/b3-1+/t13-,15-. The van der Waals surface area contributed by atoms with Crippen LogP contribution in [0.15, 0.2) is 36.4 Å². The van der Waals surface area contributed by atoms with Gasteiger partial charge < -0.3 is 5.11 Å². The zero-order chi connectivity index (χ0) is 14.4. The van der Waals surface area contributed by atoms with Crippen LogP contribution in [-0.4, -0.2) is 11.1 Å². The fourth-order valence-corrected chi connectivity index (χ4v) is 2.92. The van der Waals surface area contributed by atoms with E-state index >= 15 is 0 Å². The van der Waals surface area contributed by atoms with Crippen LogP contribution in [0, 0.1) is 17.2 Å². The predicted molar refractivity (Wildman–Crippen MR) is 77.2 cm³/mol. The second kappa shape index (κ2) is 6.91. The predicted octanol–water partition coefficient (Wildman–Crippen LogP) is 3.86. The molecule has 1 N–H and O–H groups in total. The summed E-state index contributed by atoms with van der Waals surface area (Å²) < 4.78 is 0. The minimum atomic E-state index is -0.865. The summed E-state index contributed by atoms with van der Waals surface area (Å²) in [5.74, 6) is 0.332. The lowest BCUT2D eigenvalue weighted by Gasteiger charge is -2.28. The van der Waals surface area contributed by atoms with Crippen molar-refractivity contribution < 1.29 is 9.90 Å². The number of hydrogen-bond donors (Lipinski definition) is 1. The van der Waals surface area contributed by atoms with Gasteiger partial charge in [0.25, 0.3) is 0 Å². The van der Waals surface area contributed by atoms with Crippen LogP contribution in [0.5, 0.6) is 0 Å². The van der Waals surface area contributed by atoms with E-state index in [2.05, 4.69) is 18.2 Å². The largest absolute Gasteiger partial charge is 0.478 e. The summed E-state index contributed by atoms with van der Waals surface area (Å²) in [5.41, 5.74) is 2.03. The van der Waals surface area contributed by atoms with Crippen molar-refractivity contribution >= 4 is 5.97 Å². The van der Waals surface area contributed by atoms with Crippen molar-refractivity contribution in [1.82, 2.24) is 0 Å². The van der Waals surface area contributed by atoms with E-state index in [9.17, 15) is 4.79 Å². The number of carboxylic acids is 1. The third-order valence-corrected chi connectivity index (χ3v) is 4.09. The SMILES string of the molecule is N#Cc1ccc([C@H]2CC[C@H](C/C=C/C(=O)O)CC2)cc1. The first-order valence-corrected chi connectivity index (χ1v) is 7.08. The molecule has 0 spiro atoms. The zero-order valence-corrected chi connectivity index (χ0v) is 11.5. The van der Waals surface area contributed by atoms with Crippen LogP contribution in [0.4, 0.5) is 0 Å². The fourth-order valence-electron chi connectivity index (χ4n) is 2.92. The van der Waals surface area contributed by atoms with Gasteiger partial charge in [-0.05, 0) is 61.6 Å². The highest BCUT2D eigenvalue weighted by atomic mass is 16.4. The summed E-state index contributed by atoms with van der Waals surface area (Å²) in [6.07, 6.45) is 8.48. The molecule has 0 radical (unpaired) electrons. The minimum absolute atomic E-state index is 0.586. The molecule has 0 aromatic heterocycles. The van der Waals surface area contributed by atoms with E-state index in [0.29, 0.717) is 17.4 Å². The lowest BCUT2D eigenvalue weighted by atomic mass is 9.77.